The van der Waals surface area contributed by atoms with Crippen LogP contribution in [0.1, 0.15) is 27.4 Å². The molecule has 1 aliphatic rings. The summed E-state index contributed by atoms with van der Waals surface area (Å²) < 4.78 is 1.66. The van der Waals surface area contributed by atoms with E-state index in [4.69, 9.17) is 0 Å². The lowest BCUT2D eigenvalue weighted by Gasteiger charge is -2.15. The highest BCUT2D eigenvalue weighted by atomic mass is 16.3. The fourth-order valence-electron chi connectivity index (χ4n) is 3.57. The fourth-order valence-corrected chi connectivity index (χ4v) is 3.57. The molecule has 0 aliphatic carbocycles. The van der Waals surface area contributed by atoms with Gasteiger partial charge in [0.1, 0.15) is 0 Å². The Bertz CT molecular complexity index is 948. The number of pyridine rings is 1. The minimum Gasteiger partial charge on any atom is -0.391 e. The summed E-state index contributed by atoms with van der Waals surface area (Å²) in [6.07, 6.45) is 3.35. The number of aromatic amines is 1. The first-order valence-corrected chi connectivity index (χ1v) is 8.97. The lowest BCUT2D eigenvalue weighted by molar-refractivity contribution is 0.0764. The van der Waals surface area contributed by atoms with Gasteiger partial charge in [-0.15, -0.1) is 0 Å². The quantitative estimate of drug-likeness (QED) is 0.725. The minimum absolute atomic E-state index is 0.0252. The molecule has 27 heavy (non-hydrogen) atoms. The van der Waals surface area contributed by atoms with E-state index in [1.807, 2.05) is 38.1 Å². The lowest BCUT2D eigenvalue weighted by atomic mass is 10.0. The van der Waals surface area contributed by atoms with Crippen molar-refractivity contribution >= 4 is 5.91 Å². The van der Waals surface area contributed by atoms with E-state index < -0.39 is 6.10 Å². The molecule has 0 unspecified atom stereocenters. The van der Waals surface area contributed by atoms with Crippen molar-refractivity contribution in [3.05, 3.63) is 59.3 Å². The van der Waals surface area contributed by atoms with Gasteiger partial charge in [-0.05, 0) is 38.5 Å². The number of β-amino-alcohol motifs (C(OH)–C–C–N with tert-alkyl or cyclic N) is 1. The van der Waals surface area contributed by atoms with Crippen LogP contribution in [0.25, 0.3) is 5.82 Å². The van der Waals surface area contributed by atoms with Crippen LogP contribution in [0.3, 0.4) is 0 Å². The van der Waals surface area contributed by atoms with E-state index >= 15 is 0 Å². The van der Waals surface area contributed by atoms with E-state index in [-0.39, 0.29) is 11.8 Å². The number of amides is 1. The molecule has 1 aliphatic heterocycles. The third kappa shape index (κ3) is 3.35. The molecule has 0 bridgehead atoms. The Labute approximate surface area is 156 Å². The van der Waals surface area contributed by atoms with Crippen molar-refractivity contribution in [1.29, 1.82) is 0 Å². The topological polar surface area (TPSA) is 99.9 Å². The van der Waals surface area contributed by atoms with Gasteiger partial charge in [0.15, 0.2) is 5.82 Å². The Kier molecular flexibility index (Phi) is 4.49. The second kappa shape index (κ2) is 6.96. The first-order valence-electron chi connectivity index (χ1n) is 8.97. The number of hydrogen-bond donors (Lipinski definition) is 2. The molecule has 0 aromatic carbocycles. The molecule has 3 aromatic rings. The number of carbonyl (C=O) groups excluding carboxylic acids is 1. The van der Waals surface area contributed by atoms with Crippen LogP contribution < -0.4 is 0 Å². The van der Waals surface area contributed by atoms with Crippen LogP contribution in [-0.4, -0.2) is 60.1 Å². The summed E-state index contributed by atoms with van der Waals surface area (Å²) in [5.74, 6) is 0.527. The summed E-state index contributed by atoms with van der Waals surface area (Å²) in [6.45, 7) is 4.62. The minimum atomic E-state index is -0.558. The number of aliphatic hydroxyl groups is 1. The van der Waals surface area contributed by atoms with Crippen molar-refractivity contribution in [2.45, 2.75) is 26.4 Å². The van der Waals surface area contributed by atoms with Crippen LogP contribution in [0, 0.1) is 19.8 Å². The maximum Gasteiger partial charge on any atom is 0.257 e. The normalized spacial score (nSPS) is 19.6. The number of aromatic nitrogens is 5. The number of nitrogens with zero attached hydrogens (tertiary/aromatic N) is 5. The lowest BCUT2D eigenvalue weighted by Crippen LogP contribution is -2.30. The zero-order chi connectivity index (χ0) is 19.0. The van der Waals surface area contributed by atoms with Crippen LogP contribution in [-0.2, 0) is 6.42 Å². The highest BCUT2D eigenvalue weighted by molar-refractivity contribution is 5.95. The van der Waals surface area contributed by atoms with Crippen molar-refractivity contribution < 1.29 is 9.90 Å². The number of hydrogen-bond acceptors (Lipinski definition) is 5. The Morgan fingerprint density at radius 3 is 2.89 bits per heavy atom. The average Bonchev–Trinajstić information content (AvgIpc) is 3.35. The highest BCUT2D eigenvalue weighted by Crippen LogP contribution is 2.24. The molecule has 4 rings (SSSR count). The molecule has 8 heteroatoms. The van der Waals surface area contributed by atoms with E-state index in [9.17, 15) is 9.90 Å². The molecular formula is C19H22N6O2. The fraction of sp³-hybridized carbons (Fsp3) is 0.368. The Hall–Kier alpha value is -3.00. The van der Waals surface area contributed by atoms with Crippen molar-refractivity contribution in [1.82, 2.24) is 29.9 Å². The van der Waals surface area contributed by atoms with Gasteiger partial charge >= 0.3 is 0 Å². The molecule has 1 saturated heterocycles. The molecule has 8 nitrogen and oxygen atoms in total. The monoisotopic (exact) mass is 366 g/mol. The Morgan fingerprint density at radius 2 is 2.19 bits per heavy atom. The second-order valence-electron chi connectivity index (χ2n) is 7.03. The molecule has 0 saturated carbocycles. The SMILES string of the molecule is Cc1cc(C[C@@H]2CN(C(=O)c3cnn(-c4ccccn4)c3C)C[C@H]2O)n[nH]1. The number of nitrogens with one attached hydrogen (secondary N) is 1. The summed E-state index contributed by atoms with van der Waals surface area (Å²) in [7, 11) is 0. The average molecular weight is 366 g/mol. The zero-order valence-electron chi connectivity index (χ0n) is 15.3. The molecule has 2 atom stereocenters. The van der Waals surface area contributed by atoms with Crippen LogP contribution in [0.4, 0.5) is 0 Å². The van der Waals surface area contributed by atoms with Crippen LogP contribution >= 0.6 is 0 Å². The number of rotatable bonds is 4. The highest BCUT2D eigenvalue weighted by Gasteiger charge is 2.35. The molecule has 140 valence electrons. The smallest absolute Gasteiger partial charge is 0.257 e. The van der Waals surface area contributed by atoms with E-state index in [1.54, 1.807) is 22.0 Å². The van der Waals surface area contributed by atoms with Crippen LogP contribution in [0.5, 0.6) is 0 Å². The van der Waals surface area contributed by atoms with Gasteiger partial charge in [0.2, 0.25) is 0 Å². The van der Waals surface area contributed by atoms with Crippen molar-refractivity contribution in [3.63, 3.8) is 0 Å². The molecule has 2 N–H and O–H groups in total. The molecule has 4 heterocycles. The predicted octanol–water partition coefficient (Wildman–Crippen LogP) is 1.28. The standard InChI is InChI=1S/C19H22N6O2/c1-12-7-15(23-22-12)8-14-10-24(11-17(14)26)19(27)16-9-21-25(13(16)2)18-5-3-4-6-20-18/h3-7,9,14,17,26H,8,10-11H2,1-2H3,(H,22,23)/t14-,17-/m1/s1. The molecule has 3 aromatic heterocycles. The summed E-state index contributed by atoms with van der Waals surface area (Å²) in [4.78, 5) is 19.0. The first kappa shape index (κ1) is 17.4. The van der Waals surface area contributed by atoms with Gasteiger partial charge in [-0.2, -0.15) is 10.2 Å². The Morgan fingerprint density at radius 1 is 1.33 bits per heavy atom. The number of H-pyrrole nitrogens is 1. The number of aliphatic hydroxyl groups excluding tert-OH is 1. The van der Waals surface area contributed by atoms with Crippen molar-refractivity contribution in [2.24, 2.45) is 5.92 Å². The van der Waals surface area contributed by atoms with E-state index in [0.29, 0.717) is 30.9 Å². The summed E-state index contributed by atoms with van der Waals surface area (Å²) >= 11 is 0. The van der Waals surface area contributed by atoms with Gasteiger partial charge in [-0.1, -0.05) is 6.07 Å². The van der Waals surface area contributed by atoms with Gasteiger partial charge in [0.05, 0.1) is 29.3 Å². The van der Waals surface area contributed by atoms with Gasteiger partial charge in [-0.3, -0.25) is 9.89 Å². The first-order chi connectivity index (χ1) is 13.0. The molecule has 0 spiro atoms. The third-order valence-corrected chi connectivity index (χ3v) is 5.03. The van der Waals surface area contributed by atoms with Gasteiger partial charge in [-0.25, -0.2) is 9.67 Å². The largest absolute Gasteiger partial charge is 0.391 e. The number of likely N-dealkylation sites (tertiary alicyclic amines) is 1. The zero-order valence-corrected chi connectivity index (χ0v) is 15.3. The maximum absolute atomic E-state index is 13.0. The number of carbonyl (C=O) groups is 1. The maximum atomic E-state index is 13.0. The van der Waals surface area contributed by atoms with Gasteiger partial charge in [0.25, 0.3) is 5.91 Å². The van der Waals surface area contributed by atoms with Gasteiger partial charge < -0.3 is 10.0 Å². The second-order valence-corrected chi connectivity index (χ2v) is 7.03. The molecular weight excluding hydrogens is 344 g/mol. The molecule has 0 radical (unpaired) electrons. The van der Waals surface area contributed by atoms with Gasteiger partial charge in [0, 0.05) is 30.9 Å². The third-order valence-electron chi connectivity index (χ3n) is 5.03. The van der Waals surface area contributed by atoms with E-state index in [2.05, 4.69) is 20.3 Å². The predicted molar refractivity (Wildman–Crippen MR) is 98.5 cm³/mol. The molecule has 1 fully saturated rings. The summed E-state index contributed by atoms with van der Waals surface area (Å²) in [5, 5.41) is 21.9. The van der Waals surface area contributed by atoms with Crippen molar-refractivity contribution in [2.75, 3.05) is 13.1 Å². The summed E-state index contributed by atoms with van der Waals surface area (Å²) in [6, 6.07) is 7.53. The summed E-state index contributed by atoms with van der Waals surface area (Å²) in [5.41, 5.74) is 3.16. The van der Waals surface area contributed by atoms with Crippen LogP contribution in [0.15, 0.2) is 36.7 Å². The van der Waals surface area contributed by atoms with E-state index in [1.165, 1.54) is 0 Å². The van der Waals surface area contributed by atoms with E-state index in [0.717, 1.165) is 17.1 Å². The molecule has 1 amide bonds. The Balaban J connectivity index is 1.50. The van der Waals surface area contributed by atoms with Crippen molar-refractivity contribution in [3.8, 4) is 5.82 Å². The van der Waals surface area contributed by atoms with Crippen LogP contribution in [0.2, 0.25) is 0 Å². The number of aryl methyl sites for hydroxylation is 1.